The number of unbranched alkanes of at least 4 members (excludes halogenated alkanes) is 36. The average Bonchev–Trinajstić information content (AvgIpc) is 3.43. The zero-order chi connectivity index (χ0) is 55.8. The van der Waals surface area contributed by atoms with Crippen LogP contribution in [0.3, 0.4) is 0 Å². The summed E-state index contributed by atoms with van der Waals surface area (Å²) in [6.07, 6.45) is 72.8. The van der Waals surface area contributed by atoms with Crippen LogP contribution in [-0.4, -0.2) is 87.5 Å². The van der Waals surface area contributed by atoms with E-state index in [0.717, 1.165) is 64.2 Å². The summed E-state index contributed by atoms with van der Waals surface area (Å²) >= 11 is 0. The van der Waals surface area contributed by atoms with Gasteiger partial charge in [-0.05, 0) is 70.6 Å². The van der Waals surface area contributed by atoms with Crippen molar-refractivity contribution in [1.82, 2.24) is 5.32 Å². The maximum absolute atomic E-state index is 13.1. The maximum Gasteiger partial charge on any atom is 0.220 e. The van der Waals surface area contributed by atoms with Gasteiger partial charge in [-0.1, -0.05) is 292 Å². The van der Waals surface area contributed by atoms with E-state index in [1.165, 1.54) is 212 Å². The fourth-order valence-corrected chi connectivity index (χ4v) is 10.2. The molecule has 9 nitrogen and oxygen atoms in total. The van der Waals surface area contributed by atoms with Gasteiger partial charge in [0.05, 0.1) is 25.4 Å². The number of rotatable bonds is 56. The zero-order valence-electron chi connectivity index (χ0n) is 50.0. The molecule has 0 saturated carbocycles. The third-order valence-electron chi connectivity index (χ3n) is 15.3. The monoisotopic (exact) mass is 1080 g/mol. The molecule has 1 aliphatic heterocycles. The first-order valence-corrected chi connectivity index (χ1v) is 32.7. The van der Waals surface area contributed by atoms with Crippen LogP contribution in [0.2, 0.25) is 0 Å². The molecule has 0 bridgehead atoms. The molecule has 0 aromatic carbocycles. The van der Waals surface area contributed by atoms with E-state index in [4.69, 9.17) is 9.47 Å². The minimum absolute atomic E-state index is 0.188. The lowest BCUT2D eigenvalue weighted by Crippen LogP contribution is -2.60. The summed E-state index contributed by atoms with van der Waals surface area (Å²) in [5.74, 6) is -0.188. The Morgan fingerprint density at radius 1 is 0.455 bits per heavy atom. The van der Waals surface area contributed by atoms with Gasteiger partial charge in [0.2, 0.25) is 5.91 Å². The number of hydrogen-bond donors (Lipinski definition) is 6. The standard InChI is InChI=1S/C68H123NO8/c1-3-5-7-9-11-13-15-17-19-21-23-25-27-29-30-31-32-34-35-37-39-41-43-45-47-49-51-53-55-57-62(71)61(60-76-68-67(75)66(74)65(73)63(59-70)77-68)69-64(72)58-56-54-52-50-48-46-44-42-40-38-36-33-28-26-24-22-20-18-16-14-12-10-8-6-4-2/h6,8,12,14,18,20,24,26,47,49,55,57,61-63,65-68,70-71,73-75H,3-5,7,9-11,13,15-17,19,21-23,25,27-46,48,50-54,56,58-60H2,1-2H3,(H,69,72)/b8-6-,14-12-,20-18-,26-24-,49-47+,57-55+. The number of carbonyl (C=O) groups excluding carboxylic acids is 1. The first-order chi connectivity index (χ1) is 37.8. The molecule has 1 fully saturated rings. The van der Waals surface area contributed by atoms with Gasteiger partial charge in [-0.25, -0.2) is 0 Å². The van der Waals surface area contributed by atoms with Crippen LogP contribution >= 0.6 is 0 Å². The quantitative estimate of drug-likeness (QED) is 0.0261. The van der Waals surface area contributed by atoms with Crippen LogP contribution in [0.5, 0.6) is 0 Å². The Balaban J connectivity index is 2.19. The molecule has 1 heterocycles. The number of carbonyl (C=O) groups is 1. The molecule has 1 aliphatic rings. The molecule has 1 saturated heterocycles. The van der Waals surface area contributed by atoms with Crippen molar-refractivity contribution in [1.29, 1.82) is 0 Å². The van der Waals surface area contributed by atoms with Crippen molar-refractivity contribution in [3.05, 3.63) is 72.9 Å². The fourth-order valence-electron chi connectivity index (χ4n) is 10.2. The zero-order valence-corrected chi connectivity index (χ0v) is 50.0. The highest BCUT2D eigenvalue weighted by atomic mass is 16.7. The molecular weight excluding hydrogens is 959 g/mol. The van der Waals surface area contributed by atoms with Crippen LogP contribution in [0.15, 0.2) is 72.9 Å². The SMILES string of the molecule is CC/C=C\C/C=C\C/C=C\C/C=C\CCCCCCCCCCCCCCC(=O)NC(COC1OC(CO)C(O)C(O)C1O)C(O)/C=C/CC/C=C/CCCCCCCCCCCCCCCCCCCCCCCCC. The lowest BCUT2D eigenvalue weighted by Gasteiger charge is -2.40. The second-order valence-corrected chi connectivity index (χ2v) is 22.5. The summed E-state index contributed by atoms with van der Waals surface area (Å²) < 4.78 is 11.3. The topological polar surface area (TPSA) is 149 Å². The number of ether oxygens (including phenoxy) is 2. The minimum Gasteiger partial charge on any atom is -0.394 e. The van der Waals surface area contributed by atoms with Crippen molar-refractivity contribution in [3.8, 4) is 0 Å². The number of aliphatic hydroxyl groups is 5. The van der Waals surface area contributed by atoms with E-state index in [-0.39, 0.29) is 12.5 Å². The summed E-state index contributed by atoms with van der Waals surface area (Å²) in [5, 5.41) is 54.7. The van der Waals surface area contributed by atoms with E-state index in [2.05, 4.69) is 79.9 Å². The summed E-state index contributed by atoms with van der Waals surface area (Å²) in [6, 6.07) is -0.828. The highest BCUT2D eigenvalue weighted by Gasteiger charge is 2.44. The van der Waals surface area contributed by atoms with Gasteiger partial charge in [0, 0.05) is 6.42 Å². The van der Waals surface area contributed by atoms with Crippen molar-refractivity contribution < 1.29 is 39.8 Å². The summed E-state index contributed by atoms with van der Waals surface area (Å²) in [6.45, 7) is 3.68. The second kappa shape index (κ2) is 56.9. The largest absolute Gasteiger partial charge is 0.394 e. The Kier molecular flexibility index (Phi) is 53.7. The fraction of sp³-hybridized carbons (Fsp3) is 0.809. The molecule has 1 rings (SSSR count). The van der Waals surface area contributed by atoms with Crippen molar-refractivity contribution in [2.24, 2.45) is 0 Å². The van der Waals surface area contributed by atoms with Gasteiger partial charge in [0.25, 0.3) is 0 Å². The Hall–Kier alpha value is -2.37. The second-order valence-electron chi connectivity index (χ2n) is 22.5. The van der Waals surface area contributed by atoms with Crippen molar-refractivity contribution in [2.45, 2.75) is 339 Å². The van der Waals surface area contributed by atoms with E-state index < -0.39 is 49.5 Å². The number of amides is 1. The van der Waals surface area contributed by atoms with E-state index in [1.807, 2.05) is 6.08 Å². The van der Waals surface area contributed by atoms with Crippen molar-refractivity contribution in [2.75, 3.05) is 13.2 Å². The Morgan fingerprint density at radius 2 is 0.818 bits per heavy atom. The molecule has 448 valence electrons. The van der Waals surface area contributed by atoms with Crippen molar-refractivity contribution in [3.63, 3.8) is 0 Å². The molecule has 0 radical (unpaired) electrons. The summed E-state index contributed by atoms with van der Waals surface area (Å²) in [5.41, 5.74) is 0. The number of allylic oxidation sites excluding steroid dienone is 11. The molecule has 0 aliphatic carbocycles. The van der Waals surface area contributed by atoms with Gasteiger partial charge in [-0.3, -0.25) is 4.79 Å². The van der Waals surface area contributed by atoms with Crippen LogP contribution < -0.4 is 5.32 Å². The number of hydrogen-bond acceptors (Lipinski definition) is 8. The first kappa shape index (κ1) is 72.6. The predicted molar refractivity (Wildman–Crippen MR) is 327 cm³/mol. The Labute approximate surface area is 474 Å². The van der Waals surface area contributed by atoms with Crippen LogP contribution in [0, 0.1) is 0 Å². The number of nitrogens with one attached hydrogen (secondary N) is 1. The van der Waals surface area contributed by atoms with E-state index in [1.54, 1.807) is 6.08 Å². The van der Waals surface area contributed by atoms with E-state index >= 15 is 0 Å². The third kappa shape index (κ3) is 46.0. The average molecular weight is 1080 g/mol. The normalized spacial score (nSPS) is 19.2. The van der Waals surface area contributed by atoms with Gasteiger partial charge < -0.3 is 40.3 Å². The molecule has 9 heteroatoms. The molecule has 77 heavy (non-hydrogen) atoms. The highest BCUT2D eigenvalue weighted by molar-refractivity contribution is 5.76. The molecule has 7 atom stereocenters. The van der Waals surface area contributed by atoms with E-state index in [9.17, 15) is 30.3 Å². The number of aliphatic hydroxyl groups excluding tert-OH is 5. The summed E-state index contributed by atoms with van der Waals surface area (Å²) in [7, 11) is 0. The third-order valence-corrected chi connectivity index (χ3v) is 15.3. The Bertz CT molecular complexity index is 1440. The smallest absolute Gasteiger partial charge is 0.220 e. The van der Waals surface area contributed by atoms with Gasteiger partial charge in [-0.2, -0.15) is 0 Å². The van der Waals surface area contributed by atoms with Crippen LogP contribution in [0.25, 0.3) is 0 Å². The Morgan fingerprint density at radius 3 is 1.25 bits per heavy atom. The lowest BCUT2D eigenvalue weighted by atomic mass is 9.99. The maximum atomic E-state index is 13.1. The highest BCUT2D eigenvalue weighted by Crippen LogP contribution is 2.23. The molecule has 0 aromatic heterocycles. The first-order valence-electron chi connectivity index (χ1n) is 32.7. The molecule has 0 aromatic rings. The predicted octanol–water partition coefficient (Wildman–Crippen LogP) is 17.2. The molecule has 6 N–H and O–H groups in total. The molecule has 1 amide bonds. The van der Waals surface area contributed by atoms with Crippen LogP contribution in [-0.2, 0) is 14.3 Å². The molecular formula is C68H123NO8. The van der Waals surface area contributed by atoms with Crippen LogP contribution in [0.1, 0.15) is 296 Å². The van der Waals surface area contributed by atoms with Crippen molar-refractivity contribution >= 4 is 5.91 Å². The lowest BCUT2D eigenvalue weighted by molar-refractivity contribution is -0.302. The van der Waals surface area contributed by atoms with Gasteiger partial charge >= 0.3 is 0 Å². The van der Waals surface area contributed by atoms with Crippen LogP contribution in [0.4, 0.5) is 0 Å². The van der Waals surface area contributed by atoms with Gasteiger partial charge in [0.15, 0.2) is 6.29 Å². The van der Waals surface area contributed by atoms with E-state index in [0.29, 0.717) is 6.42 Å². The van der Waals surface area contributed by atoms with Gasteiger partial charge in [0.1, 0.15) is 24.4 Å². The minimum atomic E-state index is -1.58. The van der Waals surface area contributed by atoms with Gasteiger partial charge in [-0.15, -0.1) is 0 Å². The summed E-state index contributed by atoms with van der Waals surface area (Å²) in [4.78, 5) is 13.1. The molecule has 0 spiro atoms. The molecule has 7 unspecified atom stereocenters.